The number of aromatic nitrogens is 1. The standard InChI is InChI=1S/C36H28ClN3O5S/c1-4-45-35(43)28-20(2)38-36-40(31(28)29-24-10-6-5-9-22(24)15-18-27(29)44-3)34(42)32(46-36)30-25-11-7-8-12-26(25)39(33(30)41)19-21-13-16-23(37)17-14-21/h5-18,31H,4,19H2,1-3H3/b32-30+/t31-/m1/s1. The third kappa shape index (κ3) is 4.74. The van der Waals surface area contributed by atoms with Gasteiger partial charge in [-0.2, -0.15) is 0 Å². The van der Waals surface area contributed by atoms with Gasteiger partial charge in [-0.1, -0.05) is 83.6 Å². The van der Waals surface area contributed by atoms with Crippen molar-refractivity contribution in [2.24, 2.45) is 4.99 Å². The molecule has 7 rings (SSSR count). The first kappa shape index (κ1) is 29.7. The summed E-state index contributed by atoms with van der Waals surface area (Å²) in [6.07, 6.45) is 0. The van der Waals surface area contributed by atoms with Gasteiger partial charge in [-0.15, -0.1) is 0 Å². The van der Waals surface area contributed by atoms with Gasteiger partial charge in [0, 0.05) is 16.1 Å². The van der Waals surface area contributed by atoms with Gasteiger partial charge in [-0.25, -0.2) is 9.79 Å². The van der Waals surface area contributed by atoms with Crippen molar-refractivity contribution in [3.05, 3.63) is 138 Å². The predicted octanol–water partition coefficient (Wildman–Crippen LogP) is 5.53. The topological polar surface area (TPSA) is 90.2 Å². The number of anilines is 1. The molecule has 2 aliphatic rings. The van der Waals surface area contributed by atoms with E-state index in [0.29, 0.717) is 50.2 Å². The van der Waals surface area contributed by atoms with Crippen molar-refractivity contribution < 1.29 is 19.1 Å². The Morgan fingerprint density at radius 2 is 1.72 bits per heavy atom. The zero-order valence-electron chi connectivity index (χ0n) is 25.2. The molecule has 0 radical (unpaired) electrons. The maximum Gasteiger partial charge on any atom is 0.338 e. The zero-order valence-corrected chi connectivity index (χ0v) is 26.8. The van der Waals surface area contributed by atoms with Crippen molar-refractivity contribution >= 4 is 56.8 Å². The van der Waals surface area contributed by atoms with Crippen molar-refractivity contribution in [2.75, 3.05) is 18.6 Å². The van der Waals surface area contributed by atoms with Crippen molar-refractivity contribution in [1.82, 2.24) is 4.57 Å². The number of halogens is 1. The number of amides is 1. The molecule has 230 valence electrons. The second-order valence-corrected chi connectivity index (χ2v) is 12.3. The summed E-state index contributed by atoms with van der Waals surface area (Å²) in [4.78, 5) is 49.3. The fraction of sp³-hybridized carbons (Fsp3) is 0.167. The van der Waals surface area contributed by atoms with Crippen LogP contribution in [-0.4, -0.2) is 30.2 Å². The lowest BCUT2D eigenvalue weighted by Crippen LogP contribution is -2.41. The molecule has 3 heterocycles. The van der Waals surface area contributed by atoms with Crippen LogP contribution in [-0.2, 0) is 20.9 Å². The highest BCUT2D eigenvalue weighted by atomic mass is 35.5. The Hall–Kier alpha value is -4.99. The minimum Gasteiger partial charge on any atom is -0.496 e. The van der Waals surface area contributed by atoms with Gasteiger partial charge in [0.25, 0.3) is 11.5 Å². The largest absolute Gasteiger partial charge is 0.496 e. The minimum absolute atomic E-state index is 0.151. The van der Waals surface area contributed by atoms with E-state index in [1.54, 1.807) is 38.0 Å². The summed E-state index contributed by atoms with van der Waals surface area (Å²) in [5.74, 6) is -0.352. The first-order valence-corrected chi connectivity index (χ1v) is 16.0. The number of carbonyl (C=O) groups is 2. The molecule has 0 saturated heterocycles. The highest BCUT2D eigenvalue weighted by Gasteiger charge is 2.39. The number of ether oxygens (including phenoxy) is 2. The van der Waals surface area contributed by atoms with E-state index < -0.39 is 17.6 Å². The molecule has 1 aromatic heterocycles. The average Bonchev–Trinajstić information content (AvgIpc) is 3.52. The van der Waals surface area contributed by atoms with Gasteiger partial charge in [0.05, 0.1) is 42.8 Å². The Labute approximate surface area is 273 Å². The Morgan fingerprint density at radius 3 is 2.48 bits per heavy atom. The number of fused-ring (bicyclic) bond motifs is 3. The number of hydrogen-bond donors (Lipinski definition) is 0. The summed E-state index contributed by atoms with van der Waals surface area (Å²) in [6, 6.07) is 25.4. The van der Waals surface area contributed by atoms with Crippen LogP contribution in [0, 0.1) is 0 Å². The van der Waals surface area contributed by atoms with E-state index >= 15 is 0 Å². The van der Waals surface area contributed by atoms with Gasteiger partial charge in [0.1, 0.15) is 16.3 Å². The van der Waals surface area contributed by atoms with E-state index in [9.17, 15) is 14.4 Å². The van der Waals surface area contributed by atoms with Crippen LogP contribution in [0.2, 0.25) is 5.02 Å². The van der Waals surface area contributed by atoms with Crippen LogP contribution < -0.4 is 24.5 Å². The van der Waals surface area contributed by atoms with Crippen molar-refractivity contribution in [3.8, 4) is 5.75 Å². The molecule has 0 saturated carbocycles. The van der Waals surface area contributed by atoms with Crippen LogP contribution in [0.1, 0.15) is 36.6 Å². The number of rotatable bonds is 6. The third-order valence-corrected chi connectivity index (χ3v) is 9.63. The number of esters is 1. The van der Waals surface area contributed by atoms with E-state index in [4.69, 9.17) is 26.1 Å². The van der Waals surface area contributed by atoms with Crippen molar-refractivity contribution in [1.29, 1.82) is 0 Å². The lowest BCUT2D eigenvalue weighted by Gasteiger charge is -2.27. The van der Waals surface area contributed by atoms with Gasteiger partial charge in [0.15, 0.2) is 4.80 Å². The molecule has 10 heteroatoms. The summed E-state index contributed by atoms with van der Waals surface area (Å²) < 4.78 is 13.1. The Kier molecular flexibility index (Phi) is 7.58. The van der Waals surface area contributed by atoms with E-state index in [1.165, 1.54) is 4.57 Å². The second kappa shape index (κ2) is 11.7. The van der Waals surface area contributed by atoms with Crippen LogP contribution in [0.3, 0.4) is 0 Å². The molecule has 8 nitrogen and oxygen atoms in total. The fourth-order valence-electron chi connectivity index (χ4n) is 6.28. The monoisotopic (exact) mass is 649 g/mol. The zero-order chi connectivity index (χ0) is 32.1. The highest BCUT2D eigenvalue weighted by Crippen LogP contribution is 2.41. The van der Waals surface area contributed by atoms with Gasteiger partial charge < -0.3 is 14.4 Å². The molecule has 0 aliphatic carbocycles. The number of allylic oxidation sites excluding steroid dienone is 1. The fourth-order valence-corrected chi connectivity index (χ4v) is 7.54. The average molecular weight is 650 g/mol. The number of thiazole rings is 1. The predicted molar refractivity (Wildman–Crippen MR) is 179 cm³/mol. The highest BCUT2D eigenvalue weighted by molar-refractivity contribution is 7.07. The van der Waals surface area contributed by atoms with Crippen LogP contribution in [0.15, 0.2) is 106 Å². The SMILES string of the molecule is CCOC(=O)C1=C(C)N=c2s/c(=C3/C(=O)N(Cc4ccc(Cl)cc4)c4ccccc43)c(=O)n2[C@H]1c1c(OC)ccc2ccccc12. The smallest absolute Gasteiger partial charge is 0.338 e. The number of para-hydroxylation sites is 1. The van der Waals surface area contributed by atoms with Crippen LogP contribution in [0.5, 0.6) is 5.75 Å². The maximum absolute atomic E-state index is 14.7. The van der Waals surface area contributed by atoms with Crippen molar-refractivity contribution in [2.45, 2.75) is 26.4 Å². The summed E-state index contributed by atoms with van der Waals surface area (Å²) in [7, 11) is 1.56. The molecule has 0 spiro atoms. The normalized spacial score (nSPS) is 16.7. The van der Waals surface area contributed by atoms with Crippen LogP contribution in [0.25, 0.3) is 16.3 Å². The van der Waals surface area contributed by atoms with E-state index in [-0.39, 0.29) is 22.6 Å². The van der Waals surface area contributed by atoms with Crippen LogP contribution in [0.4, 0.5) is 5.69 Å². The summed E-state index contributed by atoms with van der Waals surface area (Å²) in [6.45, 7) is 3.92. The molecule has 0 unspecified atom stereocenters. The van der Waals surface area contributed by atoms with E-state index in [0.717, 1.165) is 27.7 Å². The van der Waals surface area contributed by atoms with Crippen LogP contribution >= 0.6 is 22.9 Å². The van der Waals surface area contributed by atoms with E-state index in [1.807, 2.05) is 72.8 Å². The summed E-state index contributed by atoms with van der Waals surface area (Å²) in [5, 5.41) is 2.34. The van der Waals surface area contributed by atoms with Gasteiger partial charge in [-0.05, 0) is 54.4 Å². The number of carbonyl (C=O) groups excluding carboxylic acids is 2. The molecule has 5 aromatic rings. The molecule has 0 bridgehead atoms. The van der Waals surface area contributed by atoms with Gasteiger partial charge in [0.2, 0.25) is 0 Å². The summed E-state index contributed by atoms with van der Waals surface area (Å²) in [5.41, 5.74) is 3.44. The molecule has 4 aromatic carbocycles. The molecule has 1 amide bonds. The number of hydrogen-bond acceptors (Lipinski definition) is 7. The number of nitrogens with zero attached hydrogens (tertiary/aromatic N) is 3. The Bertz CT molecular complexity index is 2290. The van der Waals surface area contributed by atoms with Gasteiger partial charge >= 0.3 is 5.97 Å². The molecular formula is C36H28ClN3O5S. The molecule has 0 N–H and O–H groups in total. The first-order chi connectivity index (χ1) is 22.3. The number of benzene rings is 4. The number of methoxy groups -OCH3 is 1. The molecule has 46 heavy (non-hydrogen) atoms. The molecule has 0 fully saturated rings. The second-order valence-electron chi connectivity index (χ2n) is 10.9. The Balaban J connectivity index is 1.50. The van der Waals surface area contributed by atoms with E-state index in [2.05, 4.69) is 0 Å². The minimum atomic E-state index is -0.914. The first-order valence-electron chi connectivity index (χ1n) is 14.8. The molecule has 2 aliphatic heterocycles. The van der Waals surface area contributed by atoms with Crippen molar-refractivity contribution in [3.63, 3.8) is 0 Å². The maximum atomic E-state index is 14.7. The summed E-state index contributed by atoms with van der Waals surface area (Å²) >= 11 is 7.24. The third-order valence-electron chi connectivity index (χ3n) is 8.32. The molecular weight excluding hydrogens is 622 g/mol. The Morgan fingerprint density at radius 1 is 0.978 bits per heavy atom. The lowest BCUT2D eigenvalue weighted by molar-refractivity contribution is -0.139. The molecule has 1 atom stereocenters. The quantitative estimate of drug-likeness (QED) is 0.226. The van der Waals surface area contributed by atoms with Gasteiger partial charge in [-0.3, -0.25) is 14.2 Å². The lowest BCUT2D eigenvalue weighted by atomic mass is 9.90.